The lowest BCUT2D eigenvalue weighted by Gasteiger charge is -2.15. The summed E-state index contributed by atoms with van der Waals surface area (Å²) in [6.45, 7) is 5.21. The Hall–Kier alpha value is -1.43. The second kappa shape index (κ2) is 3.38. The quantitative estimate of drug-likeness (QED) is 0.578. The molecule has 0 saturated heterocycles. The third-order valence-electron chi connectivity index (χ3n) is 1.69. The van der Waals surface area contributed by atoms with Crippen molar-refractivity contribution in [3.05, 3.63) is 21.9 Å². The fourth-order valence-corrected chi connectivity index (χ4v) is 1.11. The van der Waals surface area contributed by atoms with Crippen LogP contribution in [0.2, 0.25) is 0 Å². The standard InChI is InChI=1S/C8H13N3O3/c1-6-4-7(11(13)14)9-10(6)5-8(2,3)12/h4,12H,5H2,1-3H3. The van der Waals surface area contributed by atoms with Crippen LogP contribution in [0.3, 0.4) is 0 Å². The molecule has 14 heavy (non-hydrogen) atoms. The Balaban J connectivity index is 2.94. The van der Waals surface area contributed by atoms with Gasteiger partial charge in [-0.3, -0.25) is 0 Å². The summed E-state index contributed by atoms with van der Waals surface area (Å²) in [4.78, 5) is 9.85. The molecular weight excluding hydrogens is 186 g/mol. The van der Waals surface area contributed by atoms with Crippen LogP contribution in [0.15, 0.2) is 6.07 Å². The molecule has 0 radical (unpaired) electrons. The van der Waals surface area contributed by atoms with Crippen molar-refractivity contribution in [2.75, 3.05) is 0 Å². The molecule has 1 rings (SSSR count). The molecule has 0 atom stereocenters. The minimum atomic E-state index is -0.926. The van der Waals surface area contributed by atoms with Crippen molar-refractivity contribution >= 4 is 5.82 Å². The van der Waals surface area contributed by atoms with Crippen molar-refractivity contribution in [2.45, 2.75) is 32.9 Å². The molecule has 0 fully saturated rings. The molecule has 0 aliphatic heterocycles. The summed E-state index contributed by atoms with van der Waals surface area (Å²) in [6.07, 6.45) is 0. The van der Waals surface area contributed by atoms with Crippen LogP contribution in [0.1, 0.15) is 19.5 Å². The Labute approximate surface area is 81.3 Å². The van der Waals surface area contributed by atoms with Gasteiger partial charge in [-0.05, 0) is 25.7 Å². The second-order valence-electron chi connectivity index (χ2n) is 3.87. The maximum absolute atomic E-state index is 10.4. The van der Waals surface area contributed by atoms with Crippen molar-refractivity contribution < 1.29 is 10.0 Å². The summed E-state index contributed by atoms with van der Waals surface area (Å²) >= 11 is 0. The number of hydrogen-bond acceptors (Lipinski definition) is 4. The van der Waals surface area contributed by atoms with Gasteiger partial charge in [-0.2, -0.15) is 4.68 Å². The lowest BCUT2D eigenvalue weighted by molar-refractivity contribution is -0.389. The average molecular weight is 199 g/mol. The first-order chi connectivity index (χ1) is 6.29. The maximum atomic E-state index is 10.4. The van der Waals surface area contributed by atoms with E-state index in [1.807, 2.05) is 0 Å². The minimum absolute atomic E-state index is 0.188. The summed E-state index contributed by atoms with van der Waals surface area (Å²) in [5, 5.41) is 23.7. The van der Waals surface area contributed by atoms with Crippen molar-refractivity contribution in [1.29, 1.82) is 0 Å². The van der Waals surface area contributed by atoms with E-state index >= 15 is 0 Å². The molecule has 0 spiro atoms. The van der Waals surface area contributed by atoms with Crippen LogP contribution in [-0.2, 0) is 6.54 Å². The average Bonchev–Trinajstić information content (AvgIpc) is 2.29. The number of hydrogen-bond donors (Lipinski definition) is 1. The molecule has 0 aliphatic carbocycles. The number of aryl methyl sites for hydroxylation is 1. The predicted molar refractivity (Wildman–Crippen MR) is 49.9 cm³/mol. The summed E-state index contributed by atoms with van der Waals surface area (Å²) in [5.74, 6) is -0.188. The zero-order valence-electron chi connectivity index (χ0n) is 8.39. The van der Waals surface area contributed by atoms with E-state index in [0.29, 0.717) is 5.69 Å². The van der Waals surface area contributed by atoms with E-state index in [1.165, 1.54) is 10.7 Å². The smallest absolute Gasteiger partial charge is 0.388 e. The molecule has 0 aliphatic rings. The van der Waals surface area contributed by atoms with E-state index < -0.39 is 10.5 Å². The zero-order chi connectivity index (χ0) is 10.9. The lowest BCUT2D eigenvalue weighted by atomic mass is 10.1. The molecule has 0 aromatic carbocycles. The lowest BCUT2D eigenvalue weighted by Crippen LogP contribution is -2.27. The van der Waals surface area contributed by atoms with Gasteiger partial charge in [-0.15, -0.1) is 0 Å². The van der Waals surface area contributed by atoms with E-state index in [9.17, 15) is 15.2 Å². The first-order valence-corrected chi connectivity index (χ1v) is 4.21. The first kappa shape index (κ1) is 10.6. The zero-order valence-corrected chi connectivity index (χ0v) is 8.39. The third-order valence-corrected chi connectivity index (χ3v) is 1.69. The van der Waals surface area contributed by atoms with Crippen LogP contribution in [0.5, 0.6) is 0 Å². The summed E-state index contributed by atoms with van der Waals surface area (Å²) < 4.78 is 1.43. The maximum Gasteiger partial charge on any atom is 0.390 e. The van der Waals surface area contributed by atoms with Crippen LogP contribution >= 0.6 is 0 Å². The van der Waals surface area contributed by atoms with Crippen molar-refractivity contribution in [3.8, 4) is 0 Å². The van der Waals surface area contributed by atoms with Gasteiger partial charge in [0.25, 0.3) is 0 Å². The largest absolute Gasteiger partial charge is 0.390 e. The Morgan fingerprint density at radius 3 is 2.64 bits per heavy atom. The van der Waals surface area contributed by atoms with Crippen LogP contribution in [0, 0.1) is 17.0 Å². The highest BCUT2D eigenvalue weighted by Gasteiger charge is 2.21. The molecule has 1 aromatic heterocycles. The number of rotatable bonds is 3. The first-order valence-electron chi connectivity index (χ1n) is 4.21. The highest BCUT2D eigenvalue weighted by molar-refractivity contribution is 5.20. The highest BCUT2D eigenvalue weighted by atomic mass is 16.6. The number of nitro groups is 1. The number of aliphatic hydroxyl groups is 1. The third kappa shape index (κ3) is 2.53. The van der Waals surface area contributed by atoms with Crippen LogP contribution in [0.25, 0.3) is 0 Å². The highest BCUT2D eigenvalue weighted by Crippen LogP contribution is 2.14. The van der Waals surface area contributed by atoms with Crippen molar-refractivity contribution in [2.24, 2.45) is 0 Å². The van der Waals surface area contributed by atoms with E-state index in [1.54, 1.807) is 20.8 Å². The van der Waals surface area contributed by atoms with E-state index in [-0.39, 0.29) is 12.4 Å². The molecule has 1 heterocycles. The molecule has 0 amide bonds. The van der Waals surface area contributed by atoms with Gasteiger partial charge in [-0.1, -0.05) is 0 Å². The molecule has 0 bridgehead atoms. The summed E-state index contributed by atoms with van der Waals surface area (Å²) in [7, 11) is 0. The van der Waals surface area contributed by atoms with Crippen LogP contribution in [0.4, 0.5) is 5.82 Å². The van der Waals surface area contributed by atoms with Gasteiger partial charge < -0.3 is 15.2 Å². The van der Waals surface area contributed by atoms with Gasteiger partial charge in [0.1, 0.15) is 0 Å². The molecule has 1 N–H and O–H groups in total. The second-order valence-corrected chi connectivity index (χ2v) is 3.87. The topological polar surface area (TPSA) is 81.2 Å². The normalized spacial score (nSPS) is 11.7. The van der Waals surface area contributed by atoms with Gasteiger partial charge >= 0.3 is 5.82 Å². The Morgan fingerprint density at radius 1 is 1.71 bits per heavy atom. The SMILES string of the molecule is Cc1cc([N+](=O)[O-])nn1CC(C)(C)O. The molecule has 1 aromatic rings. The molecule has 6 nitrogen and oxygen atoms in total. The van der Waals surface area contributed by atoms with Crippen molar-refractivity contribution in [3.63, 3.8) is 0 Å². The molecule has 78 valence electrons. The van der Waals surface area contributed by atoms with Crippen LogP contribution < -0.4 is 0 Å². The Bertz CT molecular complexity index is 351. The van der Waals surface area contributed by atoms with Crippen LogP contribution in [-0.4, -0.2) is 25.4 Å². The Kier molecular flexibility index (Phi) is 2.57. The fourth-order valence-electron chi connectivity index (χ4n) is 1.11. The minimum Gasteiger partial charge on any atom is -0.388 e. The number of nitrogens with zero attached hydrogens (tertiary/aromatic N) is 3. The molecule has 0 saturated carbocycles. The van der Waals surface area contributed by atoms with E-state index in [4.69, 9.17) is 0 Å². The molecule has 6 heteroatoms. The Morgan fingerprint density at radius 2 is 2.29 bits per heavy atom. The summed E-state index contributed by atoms with van der Waals surface area (Å²) in [5.41, 5.74) is -0.260. The number of aromatic nitrogens is 2. The fraction of sp³-hybridized carbons (Fsp3) is 0.625. The van der Waals surface area contributed by atoms with Gasteiger partial charge in [0.2, 0.25) is 0 Å². The van der Waals surface area contributed by atoms with Gasteiger partial charge in [0.05, 0.1) is 29.0 Å². The monoisotopic (exact) mass is 199 g/mol. The molecular formula is C8H13N3O3. The van der Waals surface area contributed by atoms with E-state index in [2.05, 4.69) is 5.10 Å². The van der Waals surface area contributed by atoms with E-state index in [0.717, 1.165) is 0 Å². The molecule has 0 unspecified atom stereocenters. The van der Waals surface area contributed by atoms with Gasteiger partial charge in [-0.25, -0.2) is 0 Å². The predicted octanol–water partition coefficient (Wildman–Crippen LogP) is 0.871. The van der Waals surface area contributed by atoms with Gasteiger partial charge in [0, 0.05) is 0 Å². The van der Waals surface area contributed by atoms with Gasteiger partial charge in [0.15, 0.2) is 0 Å². The summed E-state index contributed by atoms with van der Waals surface area (Å²) in [6, 6.07) is 1.38. The van der Waals surface area contributed by atoms with Crippen molar-refractivity contribution in [1.82, 2.24) is 9.78 Å².